The van der Waals surface area contributed by atoms with Crippen LogP contribution in [-0.2, 0) is 9.59 Å². The zero-order valence-electron chi connectivity index (χ0n) is 12.8. The molecule has 1 aromatic rings. The van der Waals surface area contributed by atoms with E-state index in [1.54, 1.807) is 13.8 Å². The van der Waals surface area contributed by atoms with E-state index in [1.807, 2.05) is 0 Å². The van der Waals surface area contributed by atoms with Crippen LogP contribution in [0.5, 0.6) is 0 Å². The summed E-state index contributed by atoms with van der Waals surface area (Å²) in [6.45, 7) is 3.34. The number of rotatable bonds is 5. The van der Waals surface area contributed by atoms with Crippen LogP contribution < -0.4 is 10.2 Å². The first-order valence-corrected chi connectivity index (χ1v) is 8.24. The molecule has 1 unspecified atom stereocenters. The van der Waals surface area contributed by atoms with E-state index in [0.717, 1.165) is 16.7 Å². The standard InChI is InChI=1S/C16H15NO5S2/c1-8(2)12(15(21)22)17-13(18)11(24-16(17)23)7-9-3-5-10(6-4-9)14(19)20/h3-8,12H,1-2H3,(H,19,20)(H,21,22)/p-2. The van der Waals surface area contributed by atoms with Crippen molar-refractivity contribution in [2.75, 3.05) is 0 Å². The number of aliphatic carboxylic acids is 1. The highest BCUT2D eigenvalue weighted by atomic mass is 32.2. The van der Waals surface area contributed by atoms with Gasteiger partial charge in [0, 0.05) is 0 Å². The van der Waals surface area contributed by atoms with Crippen LogP contribution in [-0.4, -0.2) is 33.1 Å². The van der Waals surface area contributed by atoms with Gasteiger partial charge in [-0.3, -0.25) is 9.69 Å². The molecule has 0 bridgehead atoms. The Hall–Kier alpha value is -2.19. The second-order valence-corrected chi connectivity index (χ2v) is 7.14. The molecule has 0 radical (unpaired) electrons. The van der Waals surface area contributed by atoms with Gasteiger partial charge in [0.1, 0.15) is 4.32 Å². The van der Waals surface area contributed by atoms with E-state index in [2.05, 4.69) is 0 Å². The minimum absolute atomic E-state index is 0.0246. The predicted octanol–water partition coefficient (Wildman–Crippen LogP) is 0.0258. The number of benzene rings is 1. The number of carboxylic acids is 2. The molecule has 1 atom stereocenters. The highest BCUT2D eigenvalue weighted by Crippen LogP contribution is 2.35. The van der Waals surface area contributed by atoms with Crippen molar-refractivity contribution in [3.05, 3.63) is 40.3 Å². The van der Waals surface area contributed by atoms with Crippen molar-refractivity contribution >= 4 is 52.2 Å². The maximum absolute atomic E-state index is 12.5. The van der Waals surface area contributed by atoms with Gasteiger partial charge in [-0.2, -0.15) is 0 Å². The molecule has 0 spiro atoms. The number of carboxylic acid groups (broad SMARTS) is 2. The fourth-order valence-corrected chi connectivity index (χ4v) is 3.59. The topological polar surface area (TPSA) is 101 Å². The van der Waals surface area contributed by atoms with Gasteiger partial charge in [-0.05, 0) is 23.1 Å². The lowest BCUT2D eigenvalue weighted by atomic mass is 10.0. The minimum Gasteiger partial charge on any atom is -0.548 e. The molecule has 8 heteroatoms. The molecule has 1 aliphatic rings. The summed E-state index contributed by atoms with van der Waals surface area (Å²) >= 11 is 6.13. The molecule has 1 aromatic carbocycles. The van der Waals surface area contributed by atoms with E-state index < -0.39 is 23.9 Å². The fourth-order valence-electron chi connectivity index (χ4n) is 2.26. The quantitative estimate of drug-likeness (QED) is 0.537. The van der Waals surface area contributed by atoms with E-state index in [4.69, 9.17) is 12.2 Å². The van der Waals surface area contributed by atoms with Gasteiger partial charge in [-0.25, -0.2) is 0 Å². The number of hydrogen-bond donors (Lipinski definition) is 0. The van der Waals surface area contributed by atoms with Crippen LogP contribution in [0.2, 0.25) is 0 Å². The molecule has 126 valence electrons. The second kappa shape index (κ2) is 7.14. The summed E-state index contributed by atoms with van der Waals surface area (Å²) in [7, 11) is 0. The summed E-state index contributed by atoms with van der Waals surface area (Å²) in [6, 6.07) is 4.64. The number of thiocarbonyl (C=S) groups is 1. The maximum Gasteiger partial charge on any atom is 0.266 e. The van der Waals surface area contributed by atoms with Crippen LogP contribution in [0.1, 0.15) is 29.8 Å². The molecule has 6 nitrogen and oxygen atoms in total. The number of aromatic carboxylic acids is 1. The summed E-state index contributed by atoms with van der Waals surface area (Å²) in [5.41, 5.74) is 0.617. The fraction of sp³-hybridized carbons (Fsp3) is 0.250. The molecule has 1 heterocycles. The van der Waals surface area contributed by atoms with Gasteiger partial charge in [0.05, 0.1) is 22.9 Å². The Morgan fingerprint density at radius 1 is 1.21 bits per heavy atom. The van der Waals surface area contributed by atoms with Crippen LogP contribution >= 0.6 is 24.0 Å². The largest absolute Gasteiger partial charge is 0.548 e. The molecule has 2 rings (SSSR count). The Morgan fingerprint density at radius 2 is 1.79 bits per heavy atom. The van der Waals surface area contributed by atoms with E-state index in [0.29, 0.717) is 5.56 Å². The second-order valence-electron chi connectivity index (χ2n) is 5.47. The van der Waals surface area contributed by atoms with Crippen LogP contribution in [0.4, 0.5) is 0 Å². The highest BCUT2D eigenvalue weighted by Gasteiger charge is 2.38. The Morgan fingerprint density at radius 3 is 2.25 bits per heavy atom. The van der Waals surface area contributed by atoms with Crippen molar-refractivity contribution in [1.29, 1.82) is 0 Å². The normalized spacial score (nSPS) is 17.6. The maximum atomic E-state index is 12.5. The molecule has 1 amide bonds. The van der Waals surface area contributed by atoms with Crippen molar-refractivity contribution in [2.24, 2.45) is 5.92 Å². The number of hydrogen-bond acceptors (Lipinski definition) is 7. The number of amides is 1. The SMILES string of the molecule is CC(C)C(C(=O)[O-])N1C(=O)C(=Cc2ccc(C(=O)[O-])cc2)SC1=S. The van der Waals surface area contributed by atoms with Crippen molar-refractivity contribution in [2.45, 2.75) is 19.9 Å². The molecule has 24 heavy (non-hydrogen) atoms. The summed E-state index contributed by atoms with van der Waals surface area (Å²) in [6.07, 6.45) is 1.53. The van der Waals surface area contributed by atoms with Gasteiger partial charge in [-0.1, -0.05) is 62.1 Å². The zero-order valence-corrected chi connectivity index (χ0v) is 14.5. The predicted molar refractivity (Wildman–Crippen MR) is 89.4 cm³/mol. The molecular formula is C16H13NO5S2-2. The van der Waals surface area contributed by atoms with Gasteiger partial charge >= 0.3 is 0 Å². The lowest BCUT2D eigenvalue weighted by Gasteiger charge is -2.30. The van der Waals surface area contributed by atoms with E-state index in [-0.39, 0.29) is 20.7 Å². The van der Waals surface area contributed by atoms with Gasteiger partial charge in [0.25, 0.3) is 5.91 Å². The molecule has 0 aromatic heterocycles. The lowest BCUT2D eigenvalue weighted by molar-refractivity contribution is -0.311. The number of carbonyl (C=O) groups is 3. The number of carbonyl (C=O) groups excluding carboxylic acids is 3. The van der Waals surface area contributed by atoms with Crippen molar-refractivity contribution in [3.8, 4) is 0 Å². The van der Waals surface area contributed by atoms with E-state index >= 15 is 0 Å². The van der Waals surface area contributed by atoms with Crippen molar-refractivity contribution in [3.63, 3.8) is 0 Å². The average molecular weight is 363 g/mol. The third-order valence-electron chi connectivity index (χ3n) is 3.42. The van der Waals surface area contributed by atoms with Crippen LogP contribution in [0.3, 0.4) is 0 Å². The van der Waals surface area contributed by atoms with Crippen LogP contribution in [0, 0.1) is 5.92 Å². The summed E-state index contributed by atoms with van der Waals surface area (Å²) in [4.78, 5) is 35.9. The molecular weight excluding hydrogens is 350 g/mol. The minimum atomic E-state index is -1.36. The highest BCUT2D eigenvalue weighted by molar-refractivity contribution is 8.26. The van der Waals surface area contributed by atoms with Gasteiger partial charge in [-0.15, -0.1) is 0 Å². The first-order valence-electron chi connectivity index (χ1n) is 7.01. The first-order chi connectivity index (χ1) is 11.2. The Balaban J connectivity index is 2.30. The average Bonchev–Trinajstić information content (AvgIpc) is 2.75. The summed E-state index contributed by atoms with van der Waals surface area (Å²) in [5, 5.41) is 22.1. The van der Waals surface area contributed by atoms with Crippen molar-refractivity contribution in [1.82, 2.24) is 4.90 Å². The molecule has 1 aliphatic heterocycles. The number of thioether (sulfide) groups is 1. The van der Waals surface area contributed by atoms with Crippen LogP contribution in [0.25, 0.3) is 6.08 Å². The van der Waals surface area contributed by atoms with Crippen molar-refractivity contribution < 1.29 is 24.6 Å². The molecule has 0 saturated carbocycles. The zero-order chi connectivity index (χ0) is 18.0. The Labute approximate surface area is 148 Å². The lowest BCUT2D eigenvalue weighted by Crippen LogP contribution is -2.52. The van der Waals surface area contributed by atoms with Gasteiger partial charge in [0.2, 0.25) is 0 Å². The number of nitrogens with zero attached hydrogens (tertiary/aromatic N) is 1. The van der Waals surface area contributed by atoms with Gasteiger partial charge in [0.15, 0.2) is 0 Å². The smallest absolute Gasteiger partial charge is 0.266 e. The molecule has 1 fully saturated rings. The Kier molecular flexibility index (Phi) is 5.40. The van der Waals surface area contributed by atoms with Crippen LogP contribution in [0.15, 0.2) is 29.2 Å². The summed E-state index contributed by atoms with van der Waals surface area (Å²) < 4.78 is 0.153. The molecule has 1 saturated heterocycles. The third kappa shape index (κ3) is 3.65. The monoisotopic (exact) mass is 363 g/mol. The first kappa shape index (κ1) is 18.2. The van der Waals surface area contributed by atoms with E-state index in [9.17, 15) is 24.6 Å². The third-order valence-corrected chi connectivity index (χ3v) is 4.75. The van der Waals surface area contributed by atoms with E-state index in [1.165, 1.54) is 30.3 Å². The molecule has 0 aliphatic carbocycles. The summed E-state index contributed by atoms with van der Waals surface area (Å²) in [5.74, 6) is -3.52. The van der Waals surface area contributed by atoms with Gasteiger partial charge < -0.3 is 19.8 Å². The molecule has 0 N–H and O–H groups in total. The Bertz CT molecular complexity index is 739.